The summed E-state index contributed by atoms with van der Waals surface area (Å²) < 4.78 is 0. The molecule has 144 valence electrons. The lowest BCUT2D eigenvalue weighted by atomic mass is 9.99. The highest BCUT2D eigenvalue weighted by atomic mass is 35.5. The van der Waals surface area contributed by atoms with E-state index in [9.17, 15) is 9.90 Å². The second-order valence-corrected chi connectivity index (χ2v) is 8.11. The van der Waals surface area contributed by atoms with Crippen LogP contribution in [0, 0.1) is 0 Å². The third-order valence-electron chi connectivity index (χ3n) is 5.82. The van der Waals surface area contributed by atoms with Gasteiger partial charge in [-0.1, -0.05) is 24.1 Å². The molecule has 0 aliphatic carbocycles. The number of nitrogens with one attached hydrogen (secondary N) is 2. The number of aromatic amines is 1. The van der Waals surface area contributed by atoms with Crippen LogP contribution in [-0.2, 0) is 13.1 Å². The predicted octanol–water partition coefficient (Wildman–Crippen LogP) is 4.42. The van der Waals surface area contributed by atoms with E-state index in [0.717, 1.165) is 23.1 Å². The van der Waals surface area contributed by atoms with E-state index in [4.69, 9.17) is 11.6 Å². The standard InChI is InChI=1S/C22H22ClN3O2/c23-21-16-11-24-22(28)20(16)15(10-19(21)27)18-9-14-8-13(4-5-17(14)25-18)12-26-6-2-1-3-7-26/h4-5,8-10,25,27H,1-3,6-7,11-12H2,(H,24,28). The number of piperidine rings is 1. The van der Waals surface area contributed by atoms with E-state index >= 15 is 0 Å². The number of likely N-dealkylation sites (tertiary alicyclic amines) is 1. The lowest BCUT2D eigenvalue weighted by molar-refractivity contribution is 0.0966. The monoisotopic (exact) mass is 395 g/mol. The van der Waals surface area contributed by atoms with Crippen LogP contribution in [0.1, 0.15) is 40.7 Å². The lowest BCUT2D eigenvalue weighted by Crippen LogP contribution is -2.28. The van der Waals surface area contributed by atoms with Crippen LogP contribution >= 0.6 is 11.6 Å². The van der Waals surface area contributed by atoms with Gasteiger partial charge in [-0.2, -0.15) is 0 Å². The van der Waals surface area contributed by atoms with Crippen molar-refractivity contribution in [2.75, 3.05) is 13.1 Å². The molecule has 0 atom stereocenters. The second kappa shape index (κ2) is 6.83. The van der Waals surface area contributed by atoms with Crippen molar-refractivity contribution < 1.29 is 9.90 Å². The van der Waals surface area contributed by atoms with Crippen LogP contribution < -0.4 is 5.32 Å². The third kappa shape index (κ3) is 2.95. The van der Waals surface area contributed by atoms with Crippen molar-refractivity contribution in [3.8, 4) is 17.0 Å². The van der Waals surface area contributed by atoms with Crippen molar-refractivity contribution in [1.29, 1.82) is 0 Å². The summed E-state index contributed by atoms with van der Waals surface area (Å²) in [6, 6.07) is 10.1. The van der Waals surface area contributed by atoms with Gasteiger partial charge in [0, 0.05) is 40.8 Å². The van der Waals surface area contributed by atoms with Crippen molar-refractivity contribution in [3.63, 3.8) is 0 Å². The van der Waals surface area contributed by atoms with Gasteiger partial charge in [0.25, 0.3) is 5.91 Å². The summed E-state index contributed by atoms with van der Waals surface area (Å²) in [7, 11) is 0. The molecule has 1 amide bonds. The highest BCUT2D eigenvalue weighted by molar-refractivity contribution is 6.34. The van der Waals surface area contributed by atoms with Gasteiger partial charge in [0.1, 0.15) is 5.75 Å². The largest absolute Gasteiger partial charge is 0.506 e. The van der Waals surface area contributed by atoms with Gasteiger partial charge in [-0.05, 0) is 55.8 Å². The Hall–Kier alpha value is -2.50. The first kappa shape index (κ1) is 17.6. The van der Waals surface area contributed by atoms with Crippen LogP contribution in [0.2, 0.25) is 5.02 Å². The normalized spacial score (nSPS) is 17.1. The minimum atomic E-state index is -0.156. The number of fused-ring (bicyclic) bond motifs is 2. The fourth-order valence-electron chi connectivity index (χ4n) is 4.40. The average Bonchev–Trinajstić information content (AvgIpc) is 3.29. The Morgan fingerprint density at radius 3 is 2.75 bits per heavy atom. The Morgan fingerprint density at radius 1 is 1.11 bits per heavy atom. The number of nitrogens with zero attached hydrogens (tertiary/aromatic N) is 1. The fourth-order valence-corrected chi connectivity index (χ4v) is 4.61. The van der Waals surface area contributed by atoms with E-state index in [2.05, 4.69) is 33.4 Å². The molecule has 3 heterocycles. The summed E-state index contributed by atoms with van der Waals surface area (Å²) in [6.07, 6.45) is 3.90. The van der Waals surface area contributed by atoms with Crippen LogP contribution in [-0.4, -0.2) is 34.0 Å². The van der Waals surface area contributed by atoms with Gasteiger partial charge >= 0.3 is 0 Å². The molecule has 1 aromatic heterocycles. The Morgan fingerprint density at radius 2 is 1.93 bits per heavy atom. The molecule has 1 saturated heterocycles. The summed E-state index contributed by atoms with van der Waals surface area (Å²) >= 11 is 6.20. The van der Waals surface area contributed by atoms with E-state index < -0.39 is 0 Å². The number of benzene rings is 2. The van der Waals surface area contributed by atoms with E-state index in [0.29, 0.717) is 23.2 Å². The van der Waals surface area contributed by atoms with Crippen molar-refractivity contribution in [2.45, 2.75) is 32.4 Å². The van der Waals surface area contributed by atoms with Gasteiger partial charge in [-0.15, -0.1) is 0 Å². The first-order valence-corrected chi connectivity index (χ1v) is 10.1. The number of H-pyrrole nitrogens is 1. The molecule has 0 spiro atoms. The Kier molecular flexibility index (Phi) is 4.29. The lowest BCUT2D eigenvalue weighted by Gasteiger charge is -2.26. The maximum absolute atomic E-state index is 12.3. The number of phenols is 1. The van der Waals surface area contributed by atoms with E-state index in [1.807, 2.05) is 6.07 Å². The van der Waals surface area contributed by atoms with Crippen LogP contribution in [0.4, 0.5) is 0 Å². The zero-order valence-corrected chi connectivity index (χ0v) is 16.3. The number of carbonyl (C=O) groups is 1. The Labute approximate surface area is 168 Å². The second-order valence-electron chi connectivity index (χ2n) is 7.73. The molecule has 2 aliphatic rings. The number of halogens is 1. The zero-order valence-electron chi connectivity index (χ0n) is 15.5. The highest BCUT2D eigenvalue weighted by Crippen LogP contribution is 2.40. The Balaban J connectivity index is 1.53. The first-order valence-electron chi connectivity index (χ1n) is 9.77. The van der Waals surface area contributed by atoms with Crippen LogP contribution in [0.15, 0.2) is 30.3 Å². The zero-order chi connectivity index (χ0) is 19.3. The van der Waals surface area contributed by atoms with Crippen LogP contribution in [0.5, 0.6) is 5.75 Å². The maximum atomic E-state index is 12.3. The topological polar surface area (TPSA) is 68.4 Å². The van der Waals surface area contributed by atoms with E-state index in [1.54, 1.807) is 6.07 Å². The van der Waals surface area contributed by atoms with Crippen LogP contribution in [0.3, 0.4) is 0 Å². The van der Waals surface area contributed by atoms with Gasteiger partial charge in [-0.25, -0.2) is 0 Å². The quantitative estimate of drug-likeness (QED) is 0.614. The molecular weight excluding hydrogens is 374 g/mol. The number of aromatic hydroxyl groups is 1. The molecule has 0 unspecified atom stereocenters. The Bertz CT molecular complexity index is 1080. The van der Waals surface area contributed by atoms with Gasteiger partial charge < -0.3 is 15.4 Å². The molecule has 6 heteroatoms. The van der Waals surface area contributed by atoms with Gasteiger partial charge in [0.2, 0.25) is 0 Å². The van der Waals surface area contributed by atoms with Crippen LogP contribution in [0.25, 0.3) is 22.2 Å². The number of aromatic nitrogens is 1. The summed E-state index contributed by atoms with van der Waals surface area (Å²) in [5.41, 5.74) is 5.00. The fraction of sp³-hybridized carbons (Fsp3) is 0.318. The molecule has 0 bridgehead atoms. The van der Waals surface area contributed by atoms with Gasteiger partial charge in [0.15, 0.2) is 0 Å². The molecule has 28 heavy (non-hydrogen) atoms. The molecule has 5 rings (SSSR count). The first-order chi connectivity index (χ1) is 13.6. The van der Waals surface area contributed by atoms with Crippen molar-refractivity contribution in [3.05, 3.63) is 52.0 Å². The average molecular weight is 396 g/mol. The van der Waals surface area contributed by atoms with Crippen molar-refractivity contribution in [1.82, 2.24) is 15.2 Å². The number of carbonyl (C=O) groups excluding carboxylic acids is 1. The minimum Gasteiger partial charge on any atom is -0.506 e. The summed E-state index contributed by atoms with van der Waals surface area (Å²) in [5.74, 6) is -0.160. The number of hydrogen-bond donors (Lipinski definition) is 3. The summed E-state index contributed by atoms with van der Waals surface area (Å²) in [6.45, 7) is 3.65. The number of phenolic OH excluding ortho intramolecular Hbond substituents is 1. The number of rotatable bonds is 3. The molecule has 2 aromatic carbocycles. The van der Waals surface area contributed by atoms with Crippen molar-refractivity contribution >= 4 is 28.4 Å². The molecule has 5 nitrogen and oxygen atoms in total. The molecule has 3 aromatic rings. The van der Waals surface area contributed by atoms with Gasteiger partial charge in [-0.3, -0.25) is 9.69 Å². The molecule has 0 saturated carbocycles. The summed E-state index contributed by atoms with van der Waals surface area (Å²) in [4.78, 5) is 18.2. The van der Waals surface area contributed by atoms with Crippen molar-refractivity contribution in [2.24, 2.45) is 0 Å². The molecule has 1 fully saturated rings. The highest BCUT2D eigenvalue weighted by Gasteiger charge is 2.28. The van der Waals surface area contributed by atoms with E-state index in [-0.39, 0.29) is 16.7 Å². The summed E-state index contributed by atoms with van der Waals surface area (Å²) in [5, 5.41) is 14.4. The predicted molar refractivity (Wildman–Crippen MR) is 111 cm³/mol. The molecular formula is C22H22ClN3O2. The number of hydrogen-bond acceptors (Lipinski definition) is 3. The van der Waals surface area contributed by atoms with Gasteiger partial charge in [0.05, 0.1) is 10.6 Å². The smallest absolute Gasteiger partial charge is 0.252 e. The molecule has 3 N–H and O–H groups in total. The SMILES string of the molecule is O=C1NCc2c(Cl)c(O)cc(-c3cc4cc(CN5CCCCC5)ccc4[nH]3)c21. The number of amides is 1. The molecule has 2 aliphatic heterocycles. The minimum absolute atomic E-state index is 0.00337. The molecule has 0 radical (unpaired) electrons. The van der Waals surface area contributed by atoms with E-state index in [1.165, 1.54) is 37.9 Å². The third-order valence-corrected chi connectivity index (χ3v) is 6.25. The maximum Gasteiger partial charge on any atom is 0.252 e.